The quantitative estimate of drug-likeness (QED) is 0.513. The predicted octanol–water partition coefficient (Wildman–Crippen LogP) is 5.36. The molecule has 0 aromatic heterocycles. The minimum atomic E-state index is -0.169. The van der Waals surface area contributed by atoms with Crippen molar-refractivity contribution in [2.45, 2.75) is 20.1 Å². The van der Waals surface area contributed by atoms with Crippen molar-refractivity contribution in [1.82, 2.24) is 5.32 Å². The number of carbonyl (C=O) groups is 1. The van der Waals surface area contributed by atoms with Crippen LogP contribution in [-0.4, -0.2) is 12.5 Å². The summed E-state index contributed by atoms with van der Waals surface area (Å²) in [5.41, 5.74) is 2.59. The highest BCUT2D eigenvalue weighted by Crippen LogP contribution is 2.37. The first kappa shape index (κ1) is 20.0. The van der Waals surface area contributed by atoms with Crippen LogP contribution in [0, 0.1) is 0 Å². The molecule has 0 unspecified atom stereocenters. The highest BCUT2D eigenvalue weighted by Gasteiger charge is 2.16. The largest absolute Gasteiger partial charge is 0.489 e. The van der Waals surface area contributed by atoms with Crippen LogP contribution in [-0.2, 0) is 13.2 Å². The second-order valence-electron chi connectivity index (χ2n) is 6.16. The minimum Gasteiger partial charge on any atom is -0.489 e. The van der Waals surface area contributed by atoms with E-state index in [4.69, 9.17) is 9.47 Å². The fraction of sp³-hybridized carbons (Fsp3) is 0.174. The monoisotopic (exact) mass is 439 g/mol. The van der Waals surface area contributed by atoms with Gasteiger partial charge in [-0.2, -0.15) is 0 Å². The smallest absolute Gasteiger partial charge is 0.251 e. The summed E-state index contributed by atoms with van der Waals surface area (Å²) in [7, 11) is 0. The van der Waals surface area contributed by atoms with Gasteiger partial charge in [0.1, 0.15) is 6.61 Å². The van der Waals surface area contributed by atoms with Crippen molar-refractivity contribution >= 4 is 21.8 Å². The Morgan fingerprint density at radius 3 is 2.21 bits per heavy atom. The Morgan fingerprint density at radius 1 is 0.929 bits per heavy atom. The number of nitrogens with one attached hydrogen (secondary N) is 1. The van der Waals surface area contributed by atoms with Gasteiger partial charge in [0.05, 0.1) is 11.1 Å². The van der Waals surface area contributed by atoms with Crippen LogP contribution in [0.5, 0.6) is 11.5 Å². The summed E-state index contributed by atoms with van der Waals surface area (Å²) in [5.74, 6) is 0.958. The van der Waals surface area contributed by atoms with Crippen molar-refractivity contribution in [2.24, 2.45) is 0 Å². The zero-order valence-electron chi connectivity index (χ0n) is 15.7. The van der Waals surface area contributed by atoms with Crippen molar-refractivity contribution < 1.29 is 14.3 Å². The average molecular weight is 440 g/mol. The zero-order chi connectivity index (χ0) is 19.8. The molecule has 0 bridgehead atoms. The maximum absolute atomic E-state index is 12.6. The summed E-state index contributed by atoms with van der Waals surface area (Å²) >= 11 is 3.50. The molecule has 5 heteroatoms. The number of hydrogen-bond acceptors (Lipinski definition) is 3. The Bertz CT molecular complexity index is 914. The Morgan fingerprint density at radius 2 is 1.57 bits per heavy atom. The van der Waals surface area contributed by atoms with Crippen molar-refractivity contribution in [3.8, 4) is 11.5 Å². The van der Waals surface area contributed by atoms with Crippen LogP contribution in [0.15, 0.2) is 77.3 Å². The molecule has 0 aliphatic heterocycles. The molecule has 0 aliphatic rings. The standard InChI is InChI=1S/C23H22BrNO3/c1-2-27-22-20(24)13-19(23(26)25-15-17-9-5-3-6-10-17)14-21(22)28-16-18-11-7-4-8-12-18/h3-14H,2,15-16H2,1H3,(H,25,26). The van der Waals surface area contributed by atoms with E-state index in [1.54, 1.807) is 12.1 Å². The lowest BCUT2D eigenvalue weighted by molar-refractivity contribution is 0.0950. The summed E-state index contributed by atoms with van der Waals surface area (Å²) in [5, 5.41) is 2.94. The molecule has 0 heterocycles. The molecule has 1 amide bonds. The topological polar surface area (TPSA) is 47.6 Å². The van der Waals surface area contributed by atoms with Crippen molar-refractivity contribution in [3.63, 3.8) is 0 Å². The van der Waals surface area contributed by atoms with Crippen LogP contribution in [0.1, 0.15) is 28.4 Å². The van der Waals surface area contributed by atoms with Gasteiger partial charge in [-0.1, -0.05) is 60.7 Å². The maximum atomic E-state index is 12.6. The number of halogens is 1. The summed E-state index contributed by atoms with van der Waals surface area (Å²) in [4.78, 5) is 12.6. The van der Waals surface area contributed by atoms with Gasteiger partial charge < -0.3 is 14.8 Å². The number of rotatable bonds is 8. The van der Waals surface area contributed by atoms with E-state index in [0.29, 0.717) is 41.3 Å². The van der Waals surface area contributed by atoms with E-state index in [1.165, 1.54) is 0 Å². The molecular formula is C23H22BrNO3. The molecule has 0 radical (unpaired) electrons. The molecule has 0 atom stereocenters. The molecular weight excluding hydrogens is 418 g/mol. The van der Waals surface area contributed by atoms with Gasteiger partial charge in [-0.3, -0.25) is 4.79 Å². The third-order valence-electron chi connectivity index (χ3n) is 4.09. The van der Waals surface area contributed by atoms with Crippen LogP contribution < -0.4 is 14.8 Å². The predicted molar refractivity (Wildman–Crippen MR) is 114 cm³/mol. The molecule has 4 nitrogen and oxygen atoms in total. The summed E-state index contributed by atoms with van der Waals surface area (Å²) in [6, 6.07) is 23.1. The molecule has 0 saturated carbocycles. The third-order valence-corrected chi connectivity index (χ3v) is 4.68. The van der Waals surface area contributed by atoms with Gasteiger partial charge in [-0.15, -0.1) is 0 Å². The van der Waals surface area contributed by atoms with E-state index < -0.39 is 0 Å². The summed E-state index contributed by atoms with van der Waals surface area (Å²) < 4.78 is 12.4. The SMILES string of the molecule is CCOc1c(Br)cc(C(=O)NCc2ccccc2)cc1OCc1ccccc1. The van der Waals surface area contributed by atoms with Gasteiger partial charge in [-0.25, -0.2) is 0 Å². The van der Waals surface area contributed by atoms with Crippen molar-refractivity contribution in [2.75, 3.05) is 6.61 Å². The highest BCUT2D eigenvalue weighted by atomic mass is 79.9. The number of benzene rings is 3. The molecule has 3 aromatic rings. The molecule has 1 N–H and O–H groups in total. The van der Waals surface area contributed by atoms with Crippen molar-refractivity contribution in [1.29, 1.82) is 0 Å². The summed E-state index contributed by atoms with van der Waals surface area (Å²) in [6.45, 7) is 3.26. The molecule has 0 fully saturated rings. The van der Waals surface area contributed by atoms with Gasteiger partial charge >= 0.3 is 0 Å². The van der Waals surface area contributed by atoms with Crippen LogP contribution in [0.2, 0.25) is 0 Å². The van der Waals surface area contributed by atoms with E-state index in [2.05, 4.69) is 21.2 Å². The molecule has 0 saturated heterocycles. The lowest BCUT2D eigenvalue weighted by Crippen LogP contribution is -2.22. The van der Waals surface area contributed by atoms with E-state index in [9.17, 15) is 4.79 Å². The van der Waals surface area contributed by atoms with Gasteiger partial charge in [0.25, 0.3) is 5.91 Å². The number of hydrogen-bond donors (Lipinski definition) is 1. The second kappa shape index (κ2) is 9.95. The van der Waals surface area contributed by atoms with Crippen LogP contribution >= 0.6 is 15.9 Å². The molecule has 144 valence electrons. The Kier molecular flexibility index (Phi) is 7.09. The minimum absolute atomic E-state index is 0.169. The normalized spacial score (nSPS) is 10.4. The average Bonchev–Trinajstić information content (AvgIpc) is 2.73. The van der Waals surface area contributed by atoms with E-state index in [-0.39, 0.29) is 5.91 Å². The molecule has 28 heavy (non-hydrogen) atoms. The number of ether oxygens (including phenoxy) is 2. The van der Waals surface area contributed by atoms with E-state index in [1.807, 2.05) is 67.6 Å². The van der Waals surface area contributed by atoms with Crippen LogP contribution in [0.3, 0.4) is 0 Å². The fourth-order valence-corrected chi connectivity index (χ4v) is 3.26. The molecule has 0 spiro atoms. The van der Waals surface area contributed by atoms with Gasteiger partial charge in [0.15, 0.2) is 11.5 Å². The number of amides is 1. The van der Waals surface area contributed by atoms with E-state index >= 15 is 0 Å². The van der Waals surface area contributed by atoms with Crippen molar-refractivity contribution in [3.05, 3.63) is 94.0 Å². The first-order chi connectivity index (χ1) is 13.7. The van der Waals surface area contributed by atoms with E-state index in [0.717, 1.165) is 11.1 Å². The third kappa shape index (κ3) is 5.36. The Hall–Kier alpha value is -2.79. The maximum Gasteiger partial charge on any atom is 0.251 e. The number of carbonyl (C=O) groups excluding carboxylic acids is 1. The molecule has 3 rings (SSSR count). The zero-order valence-corrected chi connectivity index (χ0v) is 17.2. The van der Waals surface area contributed by atoms with Gasteiger partial charge in [0, 0.05) is 12.1 Å². The molecule has 3 aromatic carbocycles. The Balaban J connectivity index is 1.77. The fourth-order valence-electron chi connectivity index (χ4n) is 2.71. The van der Waals surface area contributed by atoms with Crippen LogP contribution in [0.4, 0.5) is 0 Å². The lowest BCUT2D eigenvalue weighted by atomic mass is 10.1. The first-order valence-corrected chi connectivity index (χ1v) is 9.92. The summed E-state index contributed by atoms with van der Waals surface area (Å²) in [6.07, 6.45) is 0. The first-order valence-electron chi connectivity index (χ1n) is 9.12. The van der Waals surface area contributed by atoms with Gasteiger partial charge in [-0.05, 0) is 46.1 Å². The Labute approximate surface area is 173 Å². The van der Waals surface area contributed by atoms with Gasteiger partial charge in [0.2, 0.25) is 0 Å². The molecule has 0 aliphatic carbocycles. The second-order valence-corrected chi connectivity index (χ2v) is 7.02. The highest BCUT2D eigenvalue weighted by molar-refractivity contribution is 9.10. The van der Waals surface area contributed by atoms with Crippen LogP contribution in [0.25, 0.3) is 0 Å². The lowest BCUT2D eigenvalue weighted by Gasteiger charge is -2.15.